The molecule has 0 fully saturated rings. The van der Waals surface area contributed by atoms with Crippen LogP contribution in [0, 0.1) is 6.92 Å². The second kappa shape index (κ2) is 6.77. The fraction of sp³-hybridized carbons (Fsp3) is 0.0870. The molecule has 5 heteroatoms. The zero-order valence-electron chi connectivity index (χ0n) is 15.2. The van der Waals surface area contributed by atoms with Gasteiger partial charge in [0.25, 0.3) is 0 Å². The van der Waals surface area contributed by atoms with E-state index in [0.717, 1.165) is 43.5 Å². The van der Waals surface area contributed by atoms with Gasteiger partial charge in [0.1, 0.15) is 16.4 Å². The first-order chi connectivity index (χ1) is 13.7. The first kappa shape index (κ1) is 17.0. The molecule has 28 heavy (non-hydrogen) atoms. The maximum Gasteiger partial charge on any atom is 0.336 e. The smallest absolute Gasteiger partial charge is 0.336 e. The van der Waals surface area contributed by atoms with E-state index in [1.807, 2.05) is 55.5 Å². The Morgan fingerprint density at radius 1 is 0.929 bits per heavy atom. The average Bonchev–Trinajstić information content (AvgIpc) is 2.71. The molecule has 5 aromatic rings. The molecule has 0 bridgehead atoms. The topological polar surface area (TPSA) is 56.0 Å². The Labute approximate surface area is 165 Å². The molecule has 4 nitrogen and oxygen atoms in total. The lowest BCUT2D eigenvalue weighted by molar-refractivity contribution is 0.560. The Morgan fingerprint density at radius 2 is 1.71 bits per heavy atom. The number of hydrogen-bond donors (Lipinski definition) is 0. The molecule has 0 spiro atoms. The van der Waals surface area contributed by atoms with Crippen LogP contribution in [-0.4, -0.2) is 9.97 Å². The Bertz CT molecular complexity index is 1410. The van der Waals surface area contributed by atoms with Gasteiger partial charge in [0.15, 0.2) is 0 Å². The van der Waals surface area contributed by atoms with Crippen LogP contribution in [0.4, 0.5) is 0 Å². The van der Waals surface area contributed by atoms with Gasteiger partial charge in [0.05, 0.1) is 5.52 Å². The summed E-state index contributed by atoms with van der Waals surface area (Å²) < 4.78 is 5.46. The molecule has 2 heterocycles. The molecule has 5 rings (SSSR count). The van der Waals surface area contributed by atoms with E-state index in [0.29, 0.717) is 11.3 Å². The summed E-state index contributed by atoms with van der Waals surface area (Å²) in [5, 5.41) is 5.14. The van der Waals surface area contributed by atoms with Gasteiger partial charge in [-0.1, -0.05) is 48.5 Å². The Hall–Kier alpha value is -3.18. The SMILES string of the molecule is Cc1nc(SCc2cc(=O)oc3ccc4ccccc4c23)c2ccccc2n1. The van der Waals surface area contributed by atoms with Crippen molar-refractivity contribution in [3.63, 3.8) is 0 Å². The number of para-hydroxylation sites is 1. The maximum atomic E-state index is 12.1. The molecule has 136 valence electrons. The van der Waals surface area contributed by atoms with E-state index in [1.54, 1.807) is 17.8 Å². The second-order valence-corrected chi connectivity index (χ2v) is 7.60. The van der Waals surface area contributed by atoms with Crippen LogP contribution in [0.2, 0.25) is 0 Å². The highest BCUT2D eigenvalue weighted by molar-refractivity contribution is 7.98. The molecule has 0 unspecified atom stereocenters. The van der Waals surface area contributed by atoms with Gasteiger partial charge in [-0.25, -0.2) is 14.8 Å². The van der Waals surface area contributed by atoms with Crippen molar-refractivity contribution in [2.45, 2.75) is 17.7 Å². The Kier molecular flexibility index (Phi) is 4.10. The number of nitrogens with zero attached hydrogens (tertiary/aromatic N) is 2. The zero-order chi connectivity index (χ0) is 19.1. The normalized spacial score (nSPS) is 11.5. The van der Waals surface area contributed by atoms with Crippen molar-refractivity contribution in [1.29, 1.82) is 0 Å². The summed E-state index contributed by atoms with van der Waals surface area (Å²) in [4.78, 5) is 21.3. The number of fused-ring (bicyclic) bond motifs is 4. The average molecular weight is 384 g/mol. The van der Waals surface area contributed by atoms with Crippen LogP contribution in [0.5, 0.6) is 0 Å². The molecular weight excluding hydrogens is 368 g/mol. The van der Waals surface area contributed by atoms with E-state index < -0.39 is 0 Å². The summed E-state index contributed by atoms with van der Waals surface area (Å²) >= 11 is 1.62. The van der Waals surface area contributed by atoms with Gasteiger partial charge < -0.3 is 4.42 Å². The summed E-state index contributed by atoms with van der Waals surface area (Å²) in [6.45, 7) is 1.90. The lowest BCUT2D eigenvalue weighted by Crippen LogP contribution is -2.01. The highest BCUT2D eigenvalue weighted by Gasteiger charge is 2.12. The number of aryl methyl sites for hydroxylation is 1. The monoisotopic (exact) mass is 384 g/mol. The highest BCUT2D eigenvalue weighted by atomic mass is 32.2. The molecular formula is C23H16N2O2S. The minimum absolute atomic E-state index is 0.331. The van der Waals surface area contributed by atoms with E-state index in [-0.39, 0.29) is 5.63 Å². The van der Waals surface area contributed by atoms with Crippen LogP contribution in [0.15, 0.2) is 81.0 Å². The maximum absolute atomic E-state index is 12.1. The Balaban J connectivity index is 1.65. The molecule has 3 aromatic carbocycles. The molecule has 0 aliphatic heterocycles. The third kappa shape index (κ3) is 2.94. The van der Waals surface area contributed by atoms with E-state index >= 15 is 0 Å². The second-order valence-electron chi connectivity index (χ2n) is 6.63. The molecule has 0 amide bonds. The van der Waals surface area contributed by atoms with Gasteiger partial charge in [-0.15, -0.1) is 11.8 Å². The third-order valence-electron chi connectivity index (χ3n) is 4.76. The molecule has 0 N–H and O–H groups in total. The van der Waals surface area contributed by atoms with Crippen molar-refractivity contribution < 1.29 is 4.42 Å². The molecule has 0 saturated carbocycles. The highest BCUT2D eigenvalue weighted by Crippen LogP contribution is 2.33. The summed E-state index contributed by atoms with van der Waals surface area (Å²) in [5.74, 6) is 1.36. The van der Waals surface area contributed by atoms with Gasteiger partial charge in [0, 0.05) is 22.6 Å². The summed E-state index contributed by atoms with van der Waals surface area (Å²) in [6.07, 6.45) is 0. The van der Waals surface area contributed by atoms with E-state index in [9.17, 15) is 4.79 Å². The fourth-order valence-corrected chi connectivity index (χ4v) is 4.59. The Morgan fingerprint density at radius 3 is 2.61 bits per heavy atom. The van der Waals surface area contributed by atoms with Crippen molar-refractivity contribution in [2.75, 3.05) is 0 Å². The standard InChI is InChI=1S/C23H16N2O2S/c1-14-24-19-9-5-4-8-18(19)23(25-14)28-13-16-12-21(26)27-20-11-10-15-6-2-3-7-17(15)22(16)20/h2-12H,13H2,1H3. The third-order valence-corrected chi connectivity index (χ3v) is 5.80. The number of aromatic nitrogens is 2. The van der Waals surface area contributed by atoms with E-state index in [2.05, 4.69) is 22.1 Å². The summed E-state index contributed by atoms with van der Waals surface area (Å²) in [7, 11) is 0. The van der Waals surface area contributed by atoms with Crippen molar-refractivity contribution in [1.82, 2.24) is 9.97 Å². The zero-order valence-corrected chi connectivity index (χ0v) is 16.0. The molecule has 0 saturated heterocycles. The van der Waals surface area contributed by atoms with E-state index in [1.165, 1.54) is 0 Å². The molecule has 2 aromatic heterocycles. The van der Waals surface area contributed by atoms with Gasteiger partial charge >= 0.3 is 5.63 Å². The quantitative estimate of drug-likeness (QED) is 0.178. The van der Waals surface area contributed by atoms with Gasteiger partial charge in [-0.05, 0) is 35.4 Å². The molecule has 0 atom stereocenters. The first-order valence-electron chi connectivity index (χ1n) is 9.00. The largest absolute Gasteiger partial charge is 0.423 e. The van der Waals surface area contributed by atoms with Crippen molar-refractivity contribution in [2.24, 2.45) is 0 Å². The van der Waals surface area contributed by atoms with Crippen LogP contribution in [0.3, 0.4) is 0 Å². The lowest BCUT2D eigenvalue weighted by Gasteiger charge is -2.10. The minimum Gasteiger partial charge on any atom is -0.423 e. The van der Waals surface area contributed by atoms with Gasteiger partial charge in [-0.2, -0.15) is 0 Å². The molecule has 0 aliphatic rings. The minimum atomic E-state index is -0.331. The van der Waals surface area contributed by atoms with Crippen molar-refractivity contribution in [3.05, 3.63) is 88.5 Å². The van der Waals surface area contributed by atoms with Crippen LogP contribution in [0.1, 0.15) is 11.4 Å². The van der Waals surface area contributed by atoms with Crippen LogP contribution in [0.25, 0.3) is 32.6 Å². The van der Waals surface area contributed by atoms with Crippen molar-refractivity contribution in [3.8, 4) is 0 Å². The summed E-state index contributed by atoms with van der Waals surface area (Å²) in [5.41, 5.74) is 2.17. The number of benzene rings is 3. The van der Waals surface area contributed by atoms with Crippen LogP contribution in [-0.2, 0) is 5.75 Å². The first-order valence-corrected chi connectivity index (χ1v) is 9.98. The number of thioether (sulfide) groups is 1. The predicted octanol–water partition coefficient (Wildman–Crippen LogP) is 5.49. The molecule has 0 aliphatic carbocycles. The predicted molar refractivity (Wildman–Crippen MR) is 114 cm³/mol. The van der Waals surface area contributed by atoms with Crippen molar-refractivity contribution >= 4 is 44.4 Å². The summed E-state index contributed by atoms with van der Waals surface area (Å²) in [6, 6.07) is 21.6. The molecule has 0 radical (unpaired) electrons. The lowest BCUT2D eigenvalue weighted by atomic mass is 10.0. The van der Waals surface area contributed by atoms with Gasteiger partial charge in [-0.3, -0.25) is 0 Å². The van der Waals surface area contributed by atoms with Crippen LogP contribution >= 0.6 is 11.8 Å². The van der Waals surface area contributed by atoms with Crippen LogP contribution < -0.4 is 5.63 Å². The fourth-order valence-electron chi connectivity index (χ4n) is 3.55. The van der Waals surface area contributed by atoms with Gasteiger partial charge in [0.2, 0.25) is 0 Å². The number of rotatable bonds is 3. The van der Waals surface area contributed by atoms with E-state index in [4.69, 9.17) is 4.42 Å². The number of hydrogen-bond acceptors (Lipinski definition) is 5.